The molecule has 88 valence electrons. The van der Waals surface area contributed by atoms with E-state index in [1.807, 2.05) is 0 Å². The maximum atomic E-state index is 12.4. The van der Waals surface area contributed by atoms with Gasteiger partial charge in [-0.3, -0.25) is 0 Å². The SMILES string of the molecule is COC(=O)c1ccc(C(F)(F)F)c(Br)c1N. The third-order valence-corrected chi connectivity index (χ3v) is 2.74. The van der Waals surface area contributed by atoms with E-state index >= 15 is 0 Å². The first-order chi connectivity index (χ1) is 7.29. The van der Waals surface area contributed by atoms with E-state index in [9.17, 15) is 18.0 Å². The van der Waals surface area contributed by atoms with Crippen molar-refractivity contribution < 1.29 is 22.7 Å². The van der Waals surface area contributed by atoms with Gasteiger partial charge in [0.25, 0.3) is 0 Å². The lowest BCUT2D eigenvalue weighted by Crippen LogP contribution is -2.11. The van der Waals surface area contributed by atoms with E-state index in [-0.39, 0.29) is 15.7 Å². The maximum absolute atomic E-state index is 12.4. The summed E-state index contributed by atoms with van der Waals surface area (Å²) in [6, 6.07) is 1.75. The van der Waals surface area contributed by atoms with Crippen LogP contribution < -0.4 is 5.73 Å². The Balaban J connectivity index is 3.35. The monoisotopic (exact) mass is 297 g/mol. The number of esters is 1. The lowest BCUT2D eigenvalue weighted by atomic mass is 10.1. The second-order valence-electron chi connectivity index (χ2n) is 2.88. The minimum absolute atomic E-state index is 0.109. The third kappa shape index (κ3) is 2.29. The standard InChI is InChI=1S/C9H7BrF3NO2/c1-16-8(15)4-2-3-5(9(11,12)13)6(10)7(4)14/h2-3H,14H2,1H3. The number of carbonyl (C=O) groups excluding carboxylic acids is 1. The number of carbonyl (C=O) groups is 1. The van der Waals surface area contributed by atoms with E-state index in [2.05, 4.69) is 20.7 Å². The smallest absolute Gasteiger partial charge is 0.417 e. The number of halogens is 4. The number of benzene rings is 1. The molecule has 7 heteroatoms. The van der Waals surface area contributed by atoms with Crippen molar-refractivity contribution in [1.29, 1.82) is 0 Å². The molecule has 0 aliphatic rings. The quantitative estimate of drug-likeness (QED) is 0.640. The van der Waals surface area contributed by atoms with E-state index in [0.717, 1.165) is 19.2 Å². The van der Waals surface area contributed by atoms with Crippen molar-refractivity contribution in [3.63, 3.8) is 0 Å². The van der Waals surface area contributed by atoms with E-state index in [1.165, 1.54) is 0 Å². The molecule has 3 nitrogen and oxygen atoms in total. The first-order valence-electron chi connectivity index (χ1n) is 4.02. The molecule has 0 aliphatic carbocycles. The van der Waals surface area contributed by atoms with Crippen LogP contribution in [0.1, 0.15) is 15.9 Å². The summed E-state index contributed by atoms with van der Waals surface area (Å²) < 4.78 is 41.3. The van der Waals surface area contributed by atoms with Crippen molar-refractivity contribution in [3.05, 3.63) is 27.7 Å². The molecule has 16 heavy (non-hydrogen) atoms. The van der Waals surface area contributed by atoms with Gasteiger partial charge < -0.3 is 10.5 Å². The zero-order chi connectivity index (χ0) is 12.5. The second-order valence-corrected chi connectivity index (χ2v) is 3.67. The minimum atomic E-state index is -4.53. The molecule has 0 bridgehead atoms. The highest BCUT2D eigenvalue weighted by Crippen LogP contribution is 2.38. The van der Waals surface area contributed by atoms with Gasteiger partial charge in [-0.2, -0.15) is 13.2 Å². The molecule has 2 N–H and O–H groups in total. The Kier molecular flexibility index (Phi) is 3.47. The maximum Gasteiger partial charge on any atom is 0.417 e. The lowest BCUT2D eigenvalue weighted by molar-refractivity contribution is -0.138. The van der Waals surface area contributed by atoms with Crippen molar-refractivity contribution >= 4 is 27.6 Å². The Hall–Kier alpha value is -1.24. The number of hydrogen-bond donors (Lipinski definition) is 1. The number of rotatable bonds is 1. The average Bonchev–Trinajstić information content (AvgIpc) is 2.19. The average molecular weight is 298 g/mol. The van der Waals surface area contributed by atoms with Crippen LogP contribution in [0.3, 0.4) is 0 Å². The molecular weight excluding hydrogens is 291 g/mol. The number of alkyl halides is 3. The highest BCUT2D eigenvalue weighted by molar-refractivity contribution is 9.10. The van der Waals surface area contributed by atoms with Crippen molar-refractivity contribution in [2.24, 2.45) is 0 Å². The first kappa shape index (κ1) is 12.8. The molecule has 0 fully saturated rings. The van der Waals surface area contributed by atoms with Gasteiger partial charge in [-0.15, -0.1) is 0 Å². The summed E-state index contributed by atoms with van der Waals surface area (Å²) in [6.07, 6.45) is -4.53. The minimum Gasteiger partial charge on any atom is -0.465 e. The van der Waals surface area contributed by atoms with Crippen LogP contribution in [-0.4, -0.2) is 13.1 Å². The van der Waals surface area contributed by atoms with Crippen LogP contribution in [0.25, 0.3) is 0 Å². The van der Waals surface area contributed by atoms with Crippen molar-refractivity contribution in [3.8, 4) is 0 Å². The van der Waals surface area contributed by atoms with Crippen LogP contribution in [0.15, 0.2) is 16.6 Å². The highest BCUT2D eigenvalue weighted by atomic mass is 79.9. The summed E-state index contributed by atoms with van der Waals surface area (Å²) >= 11 is 2.71. The molecule has 0 saturated heterocycles. The number of nitrogens with two attached hydrogens (primary N) is 1. The number of methoxy groups -OCH3 is 1. The molecular formula is C9H7BrF3NO2. The zero-order valence-corrected chi connectivity index (χ0v) is 9.65. The summed E-state index contributed by atoms with van der Waals surface area (Å²) in [5, 5.41) is 0. The highest BCUT2D eigenvalue weighted by Gasteiger charge is 2.34. The summed E-state index contributed by atoms with van der Waals surface area (Å²) in [7, 11) is 1.12. The molecule has 0 spiro atoms. The number of ether oxygens (including phenoxy) is 1. The van der Waals surface area contributed by atoms with Gasteiger partial charge in [-0.05, 0) is 28.1 Å². The largest absolute Gasteiger partial charge is 0.465 e. The van der Waals surface area contributed by atoms with Crippen molar-refractivity contribution in [2.45, 2.75) is 6.18 Å². The Morgan fingerprint density at radius 3 is 2.44 bits per heavy atom. The van der Waals surface area contributed by atoms with Gasteiger partial charge >= 0.3 is 12.1 Å². The molecule has 0 aromatic heterocycles. The number of hydrogen-bond acceptors (Lipinski definition) is 3. The molecule has 1 aromatic carbocycles. The number of nitrogen functional groups attached to an aromatic ring is 1. The van der Waals surface area contributed by atoms with Gasteiger partial charge in [-0.25, -0.2) is 4.79 Å². The summed E-state index contributed by atoms with van der Waals surface area (Å²) in [5.41, 5.74) is 4.08. The topological polar surface area (TPSA) is 52.3 Å². The molecule has 1 rings (SSSR count). The Morgan fingerprint density at radius 2 is 2.00 bits per heavy atom. The Labute approximate surface area is 97.5 Å². The second kappa shape index (κ2) is 4.32. The third-order valence-electron chi connectivity index (χ3n) is 1.89. The first-order valence-corrected chi connectivity index (χ1v) is 4.81. The summed E-state index contributed by atoms with van der Waals surface area (Å²) in [4.78, 5) is 11.1. The predicted octanol–water partition coefficient (Wildman–Crippen LogP) is 2.84. The van der Waals surface area contributed by atoms with Gasteiger partial charge in [0.15, 0.2) is 0 Å². The number of anilines is 1. The predicted molar refractivity (Wildman–Crippen MR) is 54.9 cm³/mol. The molecule has 0 radical (unpaired) electrons. The van der Waals surface area contributed by atoms with E-state index in [0.29, 0.717) is 0 Å². The van der Waals surface area contributed by atoms with Gasteiger partial charge in [-0.1, -0.05) is 0 Å². The lowest BCUT2D eigenvalue weighted by Gasteiger charge is -2.12. The van der Waals surface area contributed by atoms with Crippen molar-refractivity contribution in [2.75, 3.05) is 12.8 Å². The normalized spacial score (nSPS) is 11.3. The van der Waals surface area contributed by atoms with Crippen LogP contribution in [0.5, 0.6) is 0 Å². The van der Waals surface area contributed by atoms with Gasteiger partial charge in [0.2, 0.25) is 0 Å². The van der Waals surface area contributed by atoms with E-state index in [1.54, 1.807) is 0 Å². The molecule has 0 unspecified atom stereocenters. The molecule has 0 aliphatic heterocycles. The van der Waals surface area contributed by atoms with E-state index in [4.69, 9.17) is 5.73 Å². The fraction of sp³-hybridized carbons (Fsp3) is 0.222. The molecule has 0 heterocycles. The Bertz CT molecular complexity index is 431. The molecule has 1 aromatic rings. The van der Waals surface area contributed by atoms with Gasteiger partial charge in [0, 0.05) is 0 Å². The zero-order valence-electron chi connectivity index (χ0n) is 8.06. The molecule has 0 amide bonds. The fourth-order valence-corrected chi connectivity index (χ4v) is 1.67. The van der Waals surface area contributed by atoms with Crippen LogP contribution in [0.2, 0.25) is 0 Å². The fourth-order valence-electron chi connectivity index (χ4n) is 1.10. The van der Waals surface area contributed by atoms with Crippen LogP contribution in [-0.2, 0) is 10.9 Å². The summed E-state index contributed by atoms with van der Waals surface area (Å²) in [5.74, 6) is -0.785. The van der Waals surface area contributed by atoms with Crippen LogP contribution in [0.4, 0.5) is 18.9 Å². The molecule has 0 saturated carbocycles. The van der Waals surface area contributed by atoms with Gasteiger partial charge in [0.05, 0.1) is 28.4 Å². The van der Waals surface area contributed by atoms with Crippen LogP contribution >= 0.6 is 15.9 Å². The van der Waals surface area contributed by atoms with Crippen LogP contribution in [0, 0.1) is 0 Å². The van der Waals surface area contributed by atoms with Crippen molar-refractivity contribution in [1.82, 2.24) is 0 Å². The Morgan fingerprint density at radius 1 is 1.44 bits per heavy atom. The van der Waals surface area contributed by atoms with E-state index < -0.39 is 17.7 Å². The van der Waals surface area contributed by atoms with Gasteiger partial charge in [0.1, 0.15) is 0 Å². The summed E-state index contributed by atoms with van der Waals surface area (Å²) in [6.45, 7) is 0. The molecule has 0 atom stereocenters.